The monoisotopic (exact) mass is 225 g/mol. The van der Waals surface area contributed by atoms with Gasteiger partial charge >= 0.3 is 6.09 Å². The van der Waals surface area contributed by atoms with Gasteiger partial charge in [-0.3, -0.25) is 0 Å². The van der Waals surface area contributed by atoms with Gasteiger partial charge in [-0.2, -0.15) is 0 Å². The van der Waals surface area contributed by atoms with Crippen LogP contribution in [0.2, 0.25) is 10.0 Å². The summed E-state index contributed by atoms with van der Waals surface area (Å²) in [5.74, 6) is -0.482. The zero-order valence-electron chi connectivity index (χ0n) is 6.30. The minimum Gasteiger partial charge on any atom is -0.465 e. The fraction of sp³-hybridized carbons (Fsp3) is 0. The summed E-state index contributed by atoms with van der Waals surface area (Å²) in [4.78, 5) is 8.78. The van der Waals surface area contributed by atoms with Crippen molar-refractivity contribution in [2.45, 2.75) is 0 Å². The van der Waals surface area contributed by atoms with E-state index in [4.69, 9.17) is 33.1 Å². The van der Waals surface area contributed by atoms with Crippen LogP contribution in [0.3, 0.4) is 0 Å². The van der Waals surface area contributed by atoms with E-state index in [0.29, 0.717) is 0 Å². The Morgan fingerprint density at radius 1 is 1.46 bits per heavy atom. The predicted molar refractivity (Wildman–Crippen MR) is 48.6 cm³/mol. The lowest BCUT2D eigenvalue weighted by Crippen LogP contribution is -2.03. The minimum atomic E-state index is -1.33. The zero-order chi connectivity index (χ0) is 10.4. The van der Waals surface area contributed by atoms with Crippen molar-refractivity contribution in [2.75, 3.05) is 0 Å². The second kappa shape index (κ2) is 5.61. The first-order chi connectivity index (χ1) is 5.95. The molecule has 0 aliphatic heterocycles. The van der Waals surface area contributed by atoms with Crippen LogP contribution in [-0.2, 0) is 0 Å². The molecule has 3 nitrogen and oxygen atoms in total. The van der Waals surface area contributed by atoms with E-state index in [1.165, 1.54) is 18.2 Å². The fourth-order valence-corrected chi connectivity index (χ4v) is 0.766. The van der Waals surface area contributed by atoms with E-state index in [0.717, 1.165) is 0 Å². The number of primary amides is 1. The second-order valence-electron chi connectivity index (χ2n) is 1.87. The Morgan fingerprint density at radius 2 is 1.92 bits per heavy atom. The average Bonchev–Trinajstić information content (AvgIpc) is 1.99. The molecule has 0 atom stereocenters. The molecule has 0 aliphatic rings. The van der Waals surface area contributed by atoms with E-state index in [-0.39, 0.29) is 10.0 Å². The van der Waals surface area contributed by atoms with Gasteiger partial charge in [-0.05, 0) is 12.1 Å². The summed E-state index contributed by atoms with van der Waals surface area (Å²) < 4.78 is 12.4. The van der Waals surface area contributed by atoms with Gasteiger partial charge in [0.15, 0.2) is 0 Å². The predicted octanol–water partition coefficient (Wildman–Crippen LogP) is 2.76. The highest BCUT2D eigenvalue weighted by Gasteiger charge is 2.00. The van der Waals surface area contributed by atoms with Gasteiger partial charge in [-0.15, -0.1) is 0 Å². The third-order valence-corrected chi connectivity index (χ3v) is 1.70. The lowest BCUT2D eigenvalue weighted by molar-refractivity contribution is 0.205. The first-order valence-corrected chi connectivity index (χ1v) is 3.78. The molecule has 1 aromatic carbocycles. The van der Waals surface area contributed by atoms with Crippen LogP contribution in [0, 0.1) is 5.82 Å². The van der Waals surface area contributed by atoms with E-state index >= 15 is 0 Å². The molecule has 0 saturated heterocycles. The maximum Gasteiger partial charge on any atom is 0.402 e. The molecule has 1 rings (SSSR count). The topological polar surface area (TPSA) is 63.3 Å². The van der Waals surface area contributed by atoms with Crippen LogP contribution in [0.25, 0.3) is 0 Å². The molecule has 0 fully saturated rings. The summed E-state index contributed by atoms with van der Waals surface area (Å²) in [5, 5.41) is 7.43. The molecule has 0 unspecified atom stereocenters. The van der Waals surface area contributed by atoms with E-state index < -0.39 is 11.9 Å². The van der Waals surface area contributed by atoms with Crippen molar-refractivity contribution in [2.24, 2.45) is 5.73 Å². The fourth-order valence-electron chi connectivity index (χ4n) is 0.477. The molecular weight excluding hydrogens is 220 g/mol. The van der Waals surface area contributed by atoms with Gasteiger partial charge in [0.2, 0.25) is 0 Å². The molecular formula is C7H6Cl2FNO2. The summed E-state index contributed by atoms with van der Waals surface area (Å²) in [5.41, 5.74) is 4.03. The van der Waals surface area contributed by atoms with Crippen LogP contribution in [0.4, 0.5) is 9.18 Å². The zero-order valence-corrected chi connectivity index (χ0v) is 7.81. The van der Waals surface area contributed by atoms with Gasteiger partial charge in [0.25, 0.3) is 0 Å². The molecule has 0 spiro atoms. The molecule has 0 aliphatic carbocycles. The first-order valence-electron chi connectivity index (χ1n) is 3.03. The Morgan fingerprint density at radius 3 is 2.23 bits per heavy atom. The molecule has 0 bridgehead atoms. The SMILES string of the molecule is Fc1cccc(Cl)c1Cl.NC(=O)O. The maximum absolute atomic E-state index is 12.4. The molecule has 13 heavy (non-hydrogen) atoms. The minimum absolute atomic E-state index is 0.0147. The van der Waals surface area contributed by atoms with Crippen LogP contribution in [0.1, 0.15) is 0 Å². The number of benzene rings is 1. The number of rotatable bonds is 0. The van der Waals surface area contributed by atoms with Crippen molar-refractivity contribution in [3.63, 3.8) is 0 Å². The molecule has 6 heteroatoms. The van der Waals surface area contributed by atoms with Gasteiger partial charge in [0, 0.05) is 0 Å². The maximum atomic E-state index is 12.4. The van der Waals surface area contributed by atoms with E-state index in [9.17, 15) is 4.39 Å². The van der Waals surface area contributed by atoms with Crippen molar-refractivity contribution >= 4 is 29.3 Å². The van der Waals surface area contributed by atoms with Crippen LogP contribution < -0.4 is 5.73 Å². The lowest BCUT2D eigenvalue weighted by atomic mass is 10.3. The molecule has 0 aromatic heterocycles. The highest BCUT2D eigenvalue weighted by atomic mass is 35.5. The largest absolute Gasteiger partial charge is 0.465 e. The Bertz CT molecular complexity index is 282. The third kappa shape index (κ3) is 5.27. The first kappa shape index (κ1) is 12.0. The van der Waals surface area contributed by atoms with Crippen LogP contribution in [0.15, 0.2) is 18.2 Å². The molecule has 0 radical (unpaired) electrons. The molecule has 72 valence electrons. The highest BCUT2D eigenvalue weighted by Crippen LogP contribution is 2.23. The van der Waals surface area contributed by atoms with Crippen molar-refractivity contribution in [1.82, 2.24) is 0 Å². The van der Waals surface area contributed by atoms with Crippen molar-refractivity contribution in [3.8, 4) is 0 Å². The third-order valence-electron chi connectivity index (χ3n) is 0.904. The molecule has 1 amide bonds. The van der Waals surface area contributed by atoms with Gasteiger partial charge < -0.3 is 10.8 Å². The Kier molecular flexibility index (Phi) is 5.18. The summed E-state index contributed by atoms with van der Waals surface area (Å²) >= 11 is 10.8. The molecule has 1 aromatic rings. The van der Waals surface area contributed by atoms with E-state index in [1.807, 2.05) is 0 Å². The Balaban J connectivity index is 0.000000310. The van der Waals surface area contributed by atoms with Crippen LogP contribution in [-0.4, -0.2) is 11.2 Å². The highest BCUT2D eigenvalue weighted by molar-refractivity contribution is 6.42. The van der Waals surface area contributed by atoms with Gasteiger partial charge in [-0.25, -0.2) is 9.18 Å². The molecule has 0 heterocycles. The number of hydrogen-bond donors (Lipinski definition) is 2. The number of carboxylic acid groups (broad SMARTS) is 1. The van der Waals surface area contributed by atoms with Crippen molar-refractivity contribution in [1.29, 1.82) is 0 Å². The smallest absolute Gasteiger partial charge is 0.402 e. The number of carbonyl (C=O) groups is 1. The number of halogens is 3. The van der Waals surface area contributed by atoms with Crippen LogP contribution in [0.5, 0.6) is 0 Å². The van der Waals surface area contributed by atoms with Crippen molar-refractivity contribution < 1.29 is 14.3 Å². The number of amides is 1. The normalized spacial score (nSPS) is 8.54. The summed E-state index contributed by atoms with van der Waals surface area (Å²) in [6.07, 6.45) is -1.33. The van der Waals surface area contributed by atoms with Crippen LogP contribution >= 0.6 is 23.2 Å². The standard InChI is InChI=1S/C6H3Cl2F.CH3NO2/c7-4-2-1-3-5(9)6(4)8;2-1(3)4/h1-3H;2H2,(H,3,4). The van der Waals surface area contributed by atoms with E-state index in [2.05, 4.69) is 5.73 Å². The lowest BCUT2D eigenvalue weighted by Gasteiger charge is -1.92. The number of hydrogen-bond acceptors (Lipinski definition) is 1. The Labute approximate surface area is 83.9 Å². The number of nitrogens with two attached hydrogens (primary N) is 1. The average molecular weight is 226 g/mol. The molecule has 0 saturated carbocycles. The Hall–Kier alpha value is -1.00. The summed E-state index contributed by atoms with van der Waals surface area (Å²) in [6, 6.07) is 4.30. The quantitative estimate of drug-likeness (QED) is 0.668. The second-order valence-corrected chi connectivity index (χ2v) is 2.66. The van der Waals surface area contributed by atoms with Gasteiger partial charge in [0.1, 0.15) is 5.82 Å². The van der Waals surface area contributed by atoms with Gasteiger partial charge in [0.05, 0.1) is 10.0 Å². The molecule has 3 N–H and O–H groups in total. The van der Waals surface area contributed by atoms with Crippen molar-refractivity contribution in [3.05, 3.63) is 34.1 Å². The van der Waals surface area contributed by atoms with Gasteiger partial charge in [-0.1, -0.05) is 29.3 Å². The summed E-state index contributed by atoms with van der Waals surface area (Å²) in [7, 11) is 0. The summed E-state index contributed by atoms with van der Waals surface area (Å²) in [6.45, 7) is 0. The van der Waals surface area contributed by atoms with E-state index in [1.54, 1.807) is 0 Å².